The summed E-state index contributed by atoms with van der Waals surface area (Å²) >= 11 is 0. The molecule has 0 spiro atoms. The molecule has 0 radical (unpaired) electrons. The Morgan fingerprint density at radius 1 is 0.528 bits per heavy atom. The average Bonchev–Trinajstić information content (AvgIpc) is 3.25. The first-order valence-corrected chi connectivity index (χ1v) is 12.0. The third-order valence-corrected chi connectivity index (χ3v) is 7.06. The zero-order valence-electron chi connectivity index (χ0n) is 19.5. The molecule has 0 fully saturated rings. The van der Waals surface area contributed by atoms with Crippen molar-refractivity contribution in [2.75, 3.05) is 0 Å². The maximum atomic E-state index is 11.7. The molecule has 5 aromatic carbocycles. The fourth-order valence-corrected chi connectivity index (χ4v) is 5.43. The van der Waals surface area contributed by atoms with Gasteiger partial charge in [-0.1, -0.05) is 121 Å². The molecule has 0 aromatic heterocycles. The summed E-state index contributed by atoms with van der Waals surface area (Å²) in [6.07, 6.45) is 2.31. The predicted octanol–water partition coefficient (Wildman–Crippen LogP) is 8.04. The van der Waals surface area contributed by atoms with Crippen LogP contribution in [0.1, 0.15) is 27.8 Å². The number of nitrogens with zero attached hydrogens (tertiary/aromatic N) is 1. The van der Waals surface area contributed by atoms with Crippen LogP contribution in [0, 0.1) is 10.1 Å². The van der Waals surface area contributed by atoms with E-state index < -0.39 is 5.41 Å². The molecule has 6 rings (SSSR count). The number of nitro benzene ring substituents is 1. The lowest BCUT2D eigenvalue weighted by molar-refractivity contribution is -0.384. The van der Waals surface area contributed by atoms with Gasteiger partial charge >= 0.3 is 0 Å². The van der Waals surface area contributed by atoms with Crippen LogP contribution in [-0.2, 0) is 5.41 Å². The number of hydrogen-bond acceptors (Lipinski definition) is 2. The second-order valence-electron chi connectivity index (χ2n) is 9.00. The molecule has 0 amide bonds. The summed E-state index contributed by atoms with van der Waals surface area (Å²) in [4.78, 5) is 11.4. The largest absolute Gasteiger partial charge is 0.270 e. The van der Waals surface area contributed by atoms with E-state index in [2.05, 4.69) is 91.0 Å². The van der Waals surface area contributed by atoms with Gasteiger partial charge in [0.2, 0.25) is 0 Å². The molecule has 172 valence electrons. The van der Waals surface area contributed by atoms with Gasteiger partial charge in [-0.2, -0.15) is 0 Å². The Kier molecular flexibility index (Phi) is 5.31. The molecule has 0 saturated carbocycles. The number of nitro groups is 1. The maximum Gasteiger partial charge on any atom is 0.270 e. The summed E-state index contributed by atoms with van der Waals surface area (Å²) in [5.41, 5.74) is 7.96. The van der Waals surface area contributed by atoms with Crippen LogP contribution >= 0.6 is 0 Å². The summed E-state index contributed by atoms with van der Waals surface area (Å²) in [6, 6.07) is 44.9. The Labute approximate surface area is 210 Å². The molecule has 0 aliphatic heterocycles. The van der Waals surface area contributed by atoms with E-state index in [1.54, 1.807) is 12.1 Å². The Morgan fingerprint density at radius 2 is 0.972 bits per heavy atom. The van der Waals surface area contributed by atoms with Gasteiger partial charge in [0.25, 0.3) is 5.69 Å². The second kappa shape index (κ2) is 8.79. The van der Waals surface area contributed by atoms with Crippen LogP contribution in [0.25, 0.3) is 16.7 Å². The van der Waals surface area contributed by atoms with Crippen LogP contribution in [-0.4, -0.2) is 4.92 Å². The summed E-state index contributed by atoms with van der Waals surface area (Å²) in [7, 11) is 0. The summed E-state index contributed by atoms with van der Waals surface area (Å²) < 4.78 is 0. The van der Waals surface area contributed by atoms with Crippen molar-refractivity contribution in [3.63, 3.8) is 0 Å². The summed E-state index contributed by atoms with van der Waals surface area (Å²) in [5, 5.41) is 11.7. The molecule has 0 unspecified atom stereocenters. The lowest BCUT2D eigenvalue weighted by atomic mass is 9.68. The van der Waals surface area contributed by atoms with Crippen molar-refractivity contribution in [3.05, 3.63) is 177 Å². The molecule has 0 bridgehead atoms. The highest BCUT2D eigenvalue weighted by Gasteiger charge is 2.37. The minimum atomic E-state index is -0.613. The molecule has 0 atom stereocenters. The average molecular weight is 466 g/mol. The van der Waals surface area contributed by atoms with Crippen molar-refractivity contribution < 1.29 is 4.92 Å². The van der Waals surface area contributed by atoms with Crippen LogP contribution in [0.2, 0.25) is 0 Å². The van der Waals surface area contributed by atoms with E-state index in [1.165, 1.54) is 0 Å². The third-order valence-electron chi connectivity index (χ3n) is 7.06. The van der Waals surface area contributed by atoms with E-state index in [4.69, 9.17) is 0 Å². The number of fused-ring (bicyclic) bond motifs is 3. The number of allylic oxidation sites excluding steroid dienone is 1. The minimum absolute atomic E-state index is 0.0946. The van der Waals surface area contributed by atoms with E-state index in [-0.39, 0.29) is 10.6 Å². The fourth-order valence-electron chi connectivity index (χ4n) is 5.43. The van der Waals surface area contributed by atoms with Gasteiger partial charge in [-0.3, -0.25) is 10.1 Å². The van der Waals surface area contributed by atoms with Crippen molar-refractivity contribution in [3.8, 4) is 11.1 Å². The van der Waals surface area contributed by atoms with Crippen molar-refractivity contribution >= 4 is 11.3 Å². The lowest BCUT2D eigenvalue weighted by Gasteiger charge is -2.34. The smallest absolute Gasteiger partial charge is 0.258 e. The van der Waals surface area contributed by atoms with E-state index in [1.807, 2.05) is 36.4 Å². The molecule has 1 aliphatic rings. The molecule has 3 nitrogen and oxygen atoms in total. The highest BCUT2D eigenvalue weighted by atomic mass is 16.6. The van der Waals surface area contributed by atoms with Crippen LogP contribution in [0.3, 0.4) is 0 Å². The minimum Gasteiger partial charge on any atom is -0.258 e. The van der Waals surface area contributed by atoms with Crippen LogP contribution in [0.15, 0.2) is 140 Å². The number of benzene rings is 5. The van der Waals surface area contributed by atoms with Gasteiger partial charge in [-0.15, -0.1) is 0 Å². The van der Waals surface area contributed by atoms with Gasteiger partial charge in [-0.05, 0) is 50.6 Å². The van der Waals surface area contributed by atoms with Gasteiger partial charge in [0.05, 0.1) is 10.3 Å². The van der Waals surface area contributed by atoms with E-state index >= 15 is 0 Å². The molecular weight excluding hydrogens is 442 g/mol. The molecule has 3 heteroatoms. The van der Waals surface area contributed by atoms with Crippen LogP contribution in [0.4, 0.5) is 5.69 Å². The topological polar surface area (TPSA) is 43.1 Å². The van der Waals surface area contributed by atoms with Crippen molar-refractivity contribution in [2.24, 2.45) is 0 Å². The van der Waals surface area contributed by atoms with Crippen molar-refractivity contribution in [1.29, 1.82) is 0 Å². The standard InChI is InChI=1S/C33H23NO2/c35-34(36)27-20-21-30-28-18-10-11-19-29(28)32(31(30)22-27)23-33(24-12-4-1-5-13-24,25-14-6-2-7-15-25)26-16-8-3-9-17-26/h1-23H/b32-23+. The first-order valence-electron chi connectivity index (χ1n) is 12.0. The summed E-state index contributed by atoms with van der Waals surface area (Å²) in [6.45, 7) is 0. The van der Waals surface area contributed by atoms with Crippen LogP contribution < -0.4 is 0 Å². The Balaban J connectivity index is 1.74. The van der Waals surface area contributed by atoms with Crippen molar-refractivity contribution in [1.82, 2.24) is 0 Å². The van der Waals surface area contributed by atoms with E-state index in [9.17, 15) is 10.1 Å². The maximum absolute atomic E-state index is 11.7. The predicted molar refractivity (Wildman–Crippen MR) is 145 cm³/mol. The zero-order valence-corrected chi connectivity index (χ0v) is 19.5. The van der Waals surface area contributed by atoms with Gasteiger partial charge in [0.1, 0.15) is 0 Å². The van der Waals surface area contributed by atoms with Gasteiger partial charge in [0.15, 0.2) is 0 Å². The number of rotatable bonds is 5. The van der Waals surface area contributed by atoms with Gasteiger partial charge < -0.3 is 0 Å². The SMILES string of the molecule is O=[N+]([O-])c1ccc2c(c1)/C(=C/C(c1ccccc1)(c1ccccc1)c1ccccc1)c1ccccc1-2. The normalized spacial score (nSPS) is 13.3. The van der Waals surface area contributed by atoms with E-state index in [0.29, 0.717) is 0 Å². The highest BCUT2D eigenvalue weighted by molar-refractivity contribution is 6.02. The molecule has 1 aliphatic carbocycles. The fraction of sp³-hybridized carbons (Fsp3) is 0.0303. The molecule has 0 N–H and O–H groups in total. The number of non-ortho nitro benzene ring substituents is 1. The summed E-state index contributed by atoms with van der Waals surface area (Å²) in [5.74, 6) is 0. The Hall–Kier alpha value is -4.76. The first kappa shape index (κ1) is 21.8. The van der Waals surface area contributed by atoms with Gasteiger partial charge in [-0.25, -0.2) is 0 Å². The molecule has 0 saturated heterocycles. The quantitative estimate of drug-likeness (QED) is 0.147. The highest BCUT2D eigenvalue weighted by Crippen LogP contribution is 2.50. The lowest BCUT2D eigenvalue weighted by Crippen LogP contribution is -2.27. The molecule has 36 heavy (non-hydrogen) atoms. The van der Waals surface area contributed by atoms with Crippen LogP contribution in [0.5, 0.6) is 0 Å². The Bertz CT molecular complexity index is 1490. The molecular formula is C33H23NO2. The molecule has 5 aromatic rings. The van der Waals surface area contributed by atoms with E-state index in [0.717, 1.165) is 44.5 Å². The Morgan fingerprint density at radius 3 is 1.47 bits per heavy atom. The van der Waals surface area contributed by atoms with Crippen molar-refractivity contribution in [2.45, 2.75) is 5.41 Å². The zero-order chi connectivity index (χ0) is 24.5. The number of hydrogen-bond donors (Lipinski definition) is 0. The monoisotopic (exact) mass is 465 g/mol. The van der Waals surface area contributed by atoms with Gasteiger partial charge in [0, 0.05) is 12.1 Å². The first-order chi connectivity index (χ1) is 17.7. The third kappa shape index (κ3) is 3.45. The second-order valence-corrected chi connectivity index (χ2v) is 9.00. The molecule has 0 heterocycles.